The molecule has 0 spiro atoms. The van der Waals surface area contributed by atoms with E-state index in [0.717, 1.165) is 45.3 Å². The van der Waals surface area contributed by atoms with E-state index in [4.69, 9.17) is 4.74 Å². The average molecular weight is 716 g/mol. The maximum absolute atomic E-state index is 11.9. The third-order valence-corrected chi connectivity index (χ3v) is 8.07. The molecule has 4 heteroatoms. The Bertz CT molecular complexity index is 503. The van der Waals surface area contributed by atoms with Gasteiger partial charge in [0.05, 0.1) is 13.2 Å². The highest BCUT2D eigenvalue weighted by molar-refractivity contribution is 5.69. The van der Waals surface area contributed by atoms with Gasteiger partial charge in [-0.05, 0) is 38.8 Å². The van der Waals surface area contributed by atoms with Gasteiger partial charge in [-0.3, -0.25) is 4.79 Å². The summed E-state index contributed by atoms with van der Waals surface area (Å²) in [5, 5.41) is 9.30. The van der Waals surface area contributed by atoms with Crippen molar-refractivity contribution in [3.8, 4) is 0 Å². The van der Waals surface area contributed by atoms with Gasteiger partial charge < -0.3 is 14.7 Å². The van der Waals surface area contributed by atoms with Crippen LogP contribution in [0.5, 0.6) is 0 Å². The lowest BCUT2D eigenvalue weighted by Crippen LogP contribution is -2.29. The van der Waals surface area contributed by atoms with Crippen LogP contribution in [0.1, 0.15) is 262 Å². The summed E-state index contributed by atoms with van der Waals surface area (Å²) in [5.41, 5.74) is 0. The Morgan fingerprint density at radius 1 is 0.400 bits per heavy atom. The zero-order valence-electron chi connectivity index (χ0n) is 37.0. The predicted molar refractivity (Wildman–Crippen MR) is 230 cm³/mol. The molecular formula is C46H101NO3. The Balaban J connectivity index is -0.000000307. The summed E-state index contributed by atoms with van der Waals surface area (Å²) in [5.74, 6) is -0.0279. The van der Waals surface area contributed by atoms with Crippen LogP contribution < -0.4 is 0 Å². The van der Waals surface area contributed by atoms with E-state index in [-0.39, 0.29) is 12.6 Å². The second-order valence-corrected chi connectivity index (χ2v) is 14.4. The van der Waals surface area contributed by atoms with Crippen LogP contribution in [-0.2, 0) is 9.53 Å². The zero-order chi connectivity index (χ0) is 38.6. The molecule has 0 aromatic rings. The van der Waals surface area contributed by atoms with Gasteiger partial charge in [0.1, 0.15) is 0 Å². The number of carbonyl (C=O) groups is 1. The summed E-state index contributed by atoms with van der Waals surface area (Å²) in [6, 6.07) is 0. The number of nitrogens with zero attached hydrogens (tertiary/aromatic N) is 1. The summed E-state index contributed by atoms with van der Waals surface area (Å²) < 4.78 is 5.39. The van der Waals surface area contributed by atoms with Crippen LogP contribution in [0.2, 0.25) is 0 Å². The average Bonchev–Trinajstić information content (AvgIpc) is 3.10. The SMILES string of the molecule is CCC.CCC.CCC.CCCCCCCCC.CCCCCCCCCCCOC(=O)CCCCCN(CCO)CCCCCCCCC. The first-order chi connectivity index (χ1) is 24.4. The monoisotopic (exact) mass is 716 g/mol. The molecule has 0 atom stereocenters. The van der Waals surface area contributed by atoms with Crippen LogP contribution >= 0.6 is 0 Å². The van der Waals surface area contributed by atoms with Crippen LogP contribution in [0, 0.1) is 0 Å². The lowest BCUT2D eigenvalue weighted by molar-refractivity contribution is -0.143. The smallest absolute Gasteiger partial charge is 0.305 e. The Hall–Kier alpha value is -0.610. The minimum Gasteiger partial charge on any atom is -0.466 e. The Labute approximate surface area is 319 Å². The lowest BCUT2D eigenvalue weighted by atomic mass is 10.1. The quantitative estimate of drug-likeness (QED) is 0.0556. The highest BCUT2D eigenvalue weighted by atomic mass is 16.5. The largest absolute Gasteiger partial charge is 0.466 e. The van der Waals surface area contributed by atoms with E-state index < -0.39 is 0 Å². The Kier molecular flexibility index (Phi) is 74.5. The number of carbonyl (C=O) groups excluding carboxylic acids is 1. The summed E-state index contributed by atoms with van der Waals surface area (Å²) in [6.07, 6.45) is 38.2. The molecule has 0 amide bonds. The molecule has 4 nitrogen and oxygen atoms in total. The number of hydrogen-bond donors (Lipinski definition) is 1. The van der Waals surface area contributed by atoms with Crippen LogP contribution in [0.3, 0.4) is 0 Å². The van der Waals surface area contributed by atoms with Gasteiger partial charge in [-0.25, -0.2) is 0 Å². The van der Waals surface area contributed by atoms with Gasteiger partial charge in [0.25, 0.3) is 0 Å². The fraction of sp³-hybridized carbons (Fsp3) is 0.978. The van der Waals surface area contributed by atoms with E-state index in [1.807, 2.05) is 0 Å². The minimum absolute atomic E-state index is 0.0279. The second-order valence-electron chi connectivity index (χ2n) is 14.4. The summed E-state index contributed by atoms with van der Waals surface area (Å²) in [4.78, 5) is 14.3. The van der Waals surface area contributed by atoms with Gasteiger partial charge >= 0.3 is 5.97 Å². The van der Waals surface area contributed by atoms with Crippen molar-refractivity contribution < 1.29 is 14.6 Å². The fourth-order valence-corrected chi connectivity index (χ4v) is 5.25. The van der Waals surface area contributed by atoms with E-state index in [1.54, 1.807) is 0 Å². The van der Waals surface area contributed by atoms with E-state index in [2.05, 4.69) is 74.1 Å². The molecule has 0 saturated carbocycles. The molecule has 50 heavy (non-hydrogen) atoms. The zero-order valence-corrected chi connectivity index (χ0v) is 37.0. The van der Waals surface area contributed by atoms with Crippen LogP contribution in [0.4, 0.5) is 0 Å². The Morgan fingerprint density at radius 3 is 1.00 bits per heavy atom. The van der Waals surface area contributed by atoms with Crippen molar-refractivity contribution in [2.24, 2.45) is 0 Å². The number of hydrogen-bond acceptors (Lipinski definition) is 4. The minimum atomic E-state index is -0.0279. The van der Waals surface area contributed by atoms with Crippen molar-refractivity contribution in [2.75, 3.05) is 32.8 Å². The van der Waals surface area contributed by atoms with Crippen LogP contribution in [-0.4, -0.2) is 48.8 Å². The summed E-state index contributed by atoms with van der Waals surface area (Å²) >= 11 is 0. The molecule has 0 aromatic heterocycles. The maximum Gasteiger partial charge on any atom is 0.305 e. The third-order valence-electron chi connectivity index (χ3n) is 8.07. The molecule has 0 bridgehead atoms. The number of rotatable bonds is 32. The van der Waals surface area contributed by atoms with Crippen LogP contribution in [0.25, 0.3) is 0 Å². The molecule has 1 N–H and O–H groups in total. The topological polar surface area (TPSA) is 49.8 Å². The van der Waals surface area contributed by atoms with E-state index >= 15 is 0 Å². The van der Waals surface area contributed by atoms with E-state index in [9.17, 15) is 9.90 Å². The summed E-state index contributed by atoms with van der Waals surface area (Å²) in [6.45, 7) is 25.5. The first-order valence-corrected chi connectivity index (χ1v) is 22.9. The fourth-order valence-electron chi connectivity index (χ4n) is 5.25. The van der Waals surface area contributed by atoms with Gasteiger partial charge in [0.2, 0.25) is 0 Å². The molecular weight excluding hydrogens is 615 g/mol. The van der Waals surface area contributed by atoms with E-state index in [1.165, 1.54) is 161 Å². The van der Waals surface area contributed by atoms with Gasteiger partial charge in [0.15, 0.2) is 0 Å². The molecule has 0 heterocycles. The van der Waals surface area contributed by atoms with Crippen molar-refractivity contribution in [2.45, 2.75) is 262 Å². The Morgan fingerprint density at radius 2 is 0.680 bits per heavy atom. The molecule has 0 rings (SSSR count). The van der Waals surface area contributed by atoms with Gasteiger partial charge in [-0.15, -0.1) is 0 Å². The maximum atomic E-state index is 11.9. The van der Waals surface area contributed by atoms with Crippen LogP contribution in [0.15, 0.2) is 0 Å². The van der Waals surface area contributed by atoms with Gasteiger partial charge in [-0.1, -0.05) is 230 Å². The number of aliphatic hydroxyl groups excluding tert-OH is 1. The molecule has 0 aliphatic heterocycles. The first kappa shape index (κ1) is 58.7. The molecule has 0 aliphatic rings. The van der Waals surface area contributed by atoms with Crippen molar-refractivity contribution in [1.82, 2.24) is 4.90 Å². The molecule has 0 aromatic carbocycles. The number of esters is 1. The van der Waals surface area contributed by atoms with Crippen molar-refractivity contribution in [1.29, 1.82) is 0 Å². The third kappa shape index (κ3) is 72.9. The molecule has 308 valence electrons. The highest BCUT2D eigenvalue weighted by Crippen LogP contribution is 2.11. The molecule has 0 saturated heterocycles. The normalized spacial score (nSPS) is 10.2. The number of aliphatic hydroxyl groups is 1. The summed E-state index contributed by atoms with van der Waals surface area (Å²) in [7, 11) is 0. The number of unbranched alkanes of at least 4 members (excludes halogenated alkanes) is 22. The predicted octanol–water partition coefficient (Wildman–Crippen LogP) is 15.7. The lowest BCUT2D eigenvalue weighted by Gasteiger charge is -2.21. The molecule has 0 aliphatic carbocycles. The highest BCUT2D eigenvalue weighted by Gasteiger charge is 2.06. The number of ether oxygens (including phenoxy) is 1. The van der Waals surface area contributed by atoms with Gasteiger partial charge in [-0.2, -0.15) is 0 Å². The van der Waals surface area contributed by atoms with Crippen molar-refractivity contribution >= 4 is 5.97 Å². The molecule has 0 fully saturated rings. The van der Waals surface area contributed by atoms with Gasteiger partial charge in [0, 0.05) is 13.0 Å². The first-order valence-electron chi connectivity index (χ1n) is 22.9. The molecule has 0 unspecified atom stereocenters. The van der Waals surface area contributed by atoms with Crippen molar-refractivity contribution in [3.05, 3.63) is 0 Å². The second kappa shape index (κ2) is 63.4. The van der Waals surface area contributed by atoms with Crippen molar-refractivity contribution in [3.63, 3.8) is 0 Å². The standard InChI is InChI=1S/C28H57NO3.C9H20.3C3H8/c1-3-5-7-9-11-12-14-16-21-27-32-28(31)22-18-17-20-24-29(25-26-30)23-19-15-13-10-8-6-4-2;1-3-5-7-9-8-6-4-2;3*1-3-2/h30H,3-27H2,1-2H3;3-9H2,1-2H3;3*3H2,1-2H3. The molecule has 0 radical (unpaired) electrons. The van der Waals surface area contributed by atoms with E-state index in [0.29, 0.717) is 13.0 Å².